The Labute approximate surface area is 83.7 Å². The Morgan fingerprint density at radius 1 is 1.36 bits per heavy atom. The molecule has 0 radical (unpaired) electrons. The Kier molecular flexibility index (Phi) is 4.28. The molecule has 0 aromatic rings. The fourth-order valence-corrected chi connectivity index (χ4v) is 1.49. The summed E-state index contributed by atoms with van der Waals surface area (Å²) in [4.78, 5) is 0. The van der Waals surface area contributed by atoms with E-state index in [0.29, 0.717) is 12.5 Å². The minimum atomic E-state index is -1.04. The fraction of sp³-hybridized carbons (Fsp3) is 1.00. The third-order valence-electron chi connectivity index (χ3n) is 2.31. The SMILES string of the molecule is CC(C)CN[C@@H]1[C@H](O)[C@@H](CO)O[C@@H]1O. The lowest BCUT2D eigenvalue weighted by Gasteiger charge is -2.19. The van der Waals surface area contributed by atoms with Crippen LogP contribution in [0.1, 0.15) is 13.8 Å². The van der Waals surface area contributed by atoms with Crippen LogP contribution in [0.4, 0.5) is 0 Å². The average Bonchev–Trinajstić information content (AvgIpc) is 2.39. The van der Waals surface area contributed by atoms with Gasteiger partial charge >= 0.3 is 0 Å². The molecule has 4 atom stereocenters. The van der Waals surface area contributed by atoms with E-state index in [-0.39, 0.29) is 6.61 Å². The van der Waals surface area contributed by atoms with Gasteiger partial charge in [-0.3, -0.25) is 0 Å². The van der Waals surface area contributed by atoms with Gasteiger partial charge in [0.2, 0.25) is 0 Å². The Morgan fingerprint density at radius 2 is 2.00 bits per heavy atom. The second-order valence-corrected chi connectivity index (χ2v) is 4.07. The first-order valence-electron chi connectivity index (χ1n) is 4.92. The van der Waals surface area contributed by atoms with Gasteiger partial charge in [-0.05, 0) is 12.5 Å². The summed E-state index contributed by atoms with van der Waals surface area (Å²) in [6.45, 7) is 4.48. The van der Waals surface area contributed by atoms with E-state index in [9.17, 15) is 10.2 Å². The van der Waals surface area contributed by atoms with Crippen molar-refractivity contribution in [3.05, 3.63) is 0 Å². The lowest BCUT2D eigenvalue weighted by atomic mass is 10.1. The number of nitrogens with one attached hydrogen (secondary N) is 1. The molecule has 1 aliphatic rings. The van der Waals surface area contributed by atoms with Gasteiger partial charge in [0.05, 0.1) is 12.6 Å². The van der Waals surface area contributed by atoms with Crippen molar-refractivity contribution >= 4 is 0 Å². The Balaban J connectivity index is 2.43. The van der Waals surface area contributed by atoms with E-state index >= 15 is 0 Å². The van der Waals surface area contributed by atoms with Crippen molar-refractivity contribution in [3.63, 3.8) is 0 Å². The molecule has 5 heteroatoms. The predicted molar refractivity (Wildman–Crippen MR) is 50.6 cm³/mol. The third-order valence-corrected chi connectivity index (χ3v) is 2.31. The van der Waals surface area contributed by atoms with Crippen LogP contribution < -0.4 is 5.32 Å². The smallest absolute Gasteiger partial charge is 0.173 e. The molecule has 1 rings (SSSR count). The van der Waals surface area contributed by atoms with Crippen molar-refractivity contribution in [1.82, 2.24) is 5.32 Å². The zero-order valence-corrected chi connectivity index (χ0v) is 8.55. The van der Waals surface area contributed by atoms with Gasteiger partial charge in [0, 0.05) is 0 Å². The summed E-state index contributed by atoms with van der Waals surface area (Å²) >= 11 is 0. The van der Waals surface area contributed by atoms with E-state index in [0.717, 1.165) is 0 Å². The Hall–Kier alpha value is -0.200. The van der Waals surface area contributed by atoms with Crippen LogP contribution in [0, 0.1) is 5.92 Å². The molecule has 4 N–H and O–H groups in total. The molecule has 84 valence electrons. The predicted octanol–water partition coefficient (Wildman–Crippen LogP) is -1.33. The van der Waals surface area contributed by atoms with E-state index in [1.165, 1.54) is 0 Å². The molecule has 0 aromatic carbocycles. The molecule has 0 amide bonds. The summed E-state index contributed by atoms with van der Waals surface area (Å²) in [6.07, 6.45) is -2.58. The highest BCUT2D eigenvalue weighted by Crippen LogP contribution is 2.19. The van der Waals surface area contributed by atoms with Crippen LogP contribution in [0.3, 0.4) is 0 Å². The van der Waals surface area contributed by atoms with Crippen LogP contribution in [0.15, 0.2) is 0 Å². The number of rotatable bonds is 4. The lowest BCUT2D eigenvalue weighted by molar-refractivity contribution is -0.112. The summed E-state index contributed by atoms with van der Waals surface area (Å²) in [5, 5.41) is 30.9. The lowest BCUT2D eigenvalue weighted by Crippen LogP contribution is -2.46. The molecule has 14 heavy (non-hydrogen) atoms. The van der Waals surface area contributed by atoms with Crippen LogP contribution in [0.25, 0.3) is 0 Å². The highest BCUT2D eigenvalue weighted by molar-refractivity contribution is 4.90. The molecule has 1 aliphatic heterocycles. The summed E-state index contributed by atoms with van der Waals surface area (Å²) in [5.74, 6) is 0.433. The largest absolute Gasteiger partial charge is 0.394 e. The molecule has 1 heterocycles. The van der Waals surface area contributed by atoms with E-state index in [4.69, 9.17) is 9.84 Å². The monoisotopic (exact) mass is 205 g/mol. The first-order chi connectivity index (χ1) is 6.56. The first-order valence-corrected chi connectivity index (χ1v) is 4.92. The second-order valence-electron chi connectivity index (χ2n) is 4.07. The summed E-state index contributed by atoms with van der Waals surface area (Å²) in [6, 6.07) is -0.505. The maximum atomic E-state index is 9.62. The van der Waals surface area contributed by atoms with Crippen molar-refractivity contribution in [2.24, 2.45) is 5.92 Å². The summed E-state index contributed by atoms with van der Waals surface area (Å²) < 4.78 is 4.96. The van der Waals surface area contributed by atoms with E-state index < -0.39 is 24.5 Å². The molecule has 1 saturated heterocycles. The number of hydrogen-bond donors (Lipinski definition) is 4. The highest BCUT2D eigenvalue weighted by Gasteiger charge is 2.42. The molecule has 1 fully saturated rings. The zero-order valence-electron chi connectivity index (χ0n) is 8.55. The summed E-state index contributed by atoms with van der Waals surface area (Å²) in [5.41, 5.74) is 0. The minimum absolute atomic E-state index is 0.280. The first kappa shape index (κ1) is 11.9. The van der Waals surface area contributed by atoms with E-state index in [2.05, 4.69) is 5.32 Å². The van der Waals surface area contributed by atoms with Gasteiger partial charge in [-0.2, -0.15) is 0 Å². The summed E-state index contributed by atoms with van der Waals surface area (Å²) in [7, 11) is 0. The van der Waals surface area contributed by atoms with Gasteiger partial charge < -0.3 is 25.4 Å². The number of aliphatic hydroxyl groups excluding tert-OH is 3. The van der Waals surface area contributed by atoms with Gasteiger partial charge in [0.15, 0.2) is 6.29 Å². The van der Waals surface area contributed by atoms with Crippen molar-refractivity contribution < 1.29 is 20.1 Å². The number of aliphatic hydroxyl groups is 3. The average molecular weight is 205 g/mol. The molecule has 0 spiro atoms. The normalized spacial score (nSPS) is 38.1. The number of ether oxygens (including phenoxy) is 1. The second kappa shape index (κ2) is 5.04. The van der Waals surface area contributed by atoms with Gasteiger partial charge in [0.1, 0.15) is 12.2 Å². The van der Waals surface area contributed by atoms with Crippen LogP contribution in [0.5, 0.6) is 0 Å². The minimum Gasteiger partial charge on any atom is -0.394 e. The van der Waals surface area contributed by atoms with Crippen LogP contribution in [-0.2, 0) is 4.74 Å². The fourth-order valence-electron chi connectivity index (χ4n) is 1.49. The van der Waals surface area contributed by atoms with Crippen LogP contribution in [0.2, 0.25) is 0 Å². The zero-order chi connectivity index (χ0) is 10.7. The van der Waals surface area contributed by atoms with E-state index in [1.807, 2.05) is 13.8 Å². The molecular weight excluding hydrogens is 186 g/mol. The van der Waals surface area contributed by atoms with Crippen molar-refractivity contribution in [2.45, 2.75) is 38.4 Å². The van der Waals surface area contributed by atoms with E-state index in [1.54, 1.807) is 0 Å². The Morgan fingerprint density at radius 3 is 2.43 bits per heavy atom. The van der Waals surface area contributed by atoms with Gasteiger partial charge in [-0.1, -0.05) is 13.8 Å². The molecule has 5 nitrogen and oxygen atoms in total. The maximum absolute atomic E-state index is 9.62. The highest BCUT2D eigenvalue weighted by atomic mass is 16.6. The molecule has 0 unspecified atom stereocenters. The van der Waals surface area contributed by atoms with Crippen molar-refractivity contribution in [3.8, 4) is 0 Å². The van der Waals surface area contributed by atoms with Crippen molar-refractivity contribution in [2.75, 3.05) is 13.2 Å². The molecule has 0 aromatic heterocycles. The molecule has 0 bridgehead atoms. The maximum Gasteiger partial charge on any atom is 0.173 e. The van der Waals surface area contributed by atoms with Crippen LogP contribution in [-0.4, -0.2) is 53.0 Å². The third kappa shape index (κ3) is 2.65. The molecular formula is C9H19NO4. The van der Waals surface area contributed by atoms with Gasteiger partial charge in [-0.25, -0.2) is 0 Å². The van der Waals surface area contributed by atoms with Gasteiger partial charge in [0.25, 0.3) is 0 Å². The molecule has 0 aliphatic carbocycles. The molecule has 0 saturated carbocycles. The quantitative estimate of drug-likeness (QED) is 0.457. The van der Waals surface area contributed by atoms with Crippen molar-refractivity contribution in [1.29, 1.82) is 0 Å². The number of hydrogen-bond acceptors (Lipinski definition) is 5. The van der Waals surface area contributed by atoms with Crippen LogP contribution >= 0.6 is 0 Å². The standard InChI is InChI=1S/C9H19NO4/c1-5(2)3-10-7-8(12)6(4-11)14-9(7)13/h5-13H,3-4H2,1-2H3/t6-,7-,8-,9+/m1/s1. The topological polar surface area (TPSA) is 82.0 Å². The Bertz CT molecular complexity index is 176. The van der Waals surface area contributed by atoms with Gasteiger partial charge in [-0.15, -0.1) is 0 Å².